The van der Waals surface area contributed by atoms with Crippen LogP contribution in [0.2, 0.25) is 0 Å². The van der Waals surface area contributed by atoms with Crippen LogP contribution in [0.1, 0.15) is 42.3 Å². The molecule has 2 aromatic carbocycles. The molecule has 1 N–H and O–H groups in total. The molecule has 3 aromatic rings. The topological polar surface area (TPSA) is 61.9 Å². The number of nitrogens with one attached hydrogen (secondary N) is 1. The SMILES string of the molecule is CC[C@@H](C)CN(CC(=O)N1CCc2sccc2[C@@H]1COc1ccc(F)cc1)C(=O)Nc1ccc(C)cc1. The number of benzene rings is 2. The van der Waals surface area contributed by atoms with Gasteiger partial charge in [-0.15, -0.1) is 11.3 Å². The first-order valence-electron chi connectivity index (χ1n) is 12.7. The van der Waals surface area contributed by atoms with Gasteiger partial charge < -0.3 is 19.9 Å². The van der Waals surface area contributed by atoms with Crippen LogP contribution in [0.5, 0.6) is 5.75 Å². The van der Waals surface area contributed by atoms with E-state index in [0.29, 0.717) is 24.5 Å². The van der Waals surface area contributed by atoms with E-state index in [-0.39, 0.29) is 42.9 Å². The molecule has 1 aliphatic heterocycles. The third-order valence-electron chi connectivity index (χ3n) is 6.78. The zero-order valence-corrected chi connectivity index (χ0v) is 22.4. The number of fused-ring (bicyclic) bond motifs is 1. The lowest BCUT2D eigenvalue weighted by molar-refractivity contribution is -0.135. The third kappa shape index (κ3) is 6.89. The first kappa shape index (κ1) is 26.7. The summed E-state index contributed by atoms with van der Waals surface area (Å²) in [6.07, 6.45) is 1.67. The van der Waals surface area contributed by atoms with E-state index < -0.39 is 0 Å². The number of hydrogen-bond donors (Lipinski definition) is 1. The largest absolute Gasteiger partial charge is 0.491 e. The lowest BCUT2D eigenvalue weighted by Gasteiger charge is -2.37. The van der Waals surface area contributed by atoms with Gasteiger partial charge in [-0.3, -0.25) is 4.79 Å². The van der Waals surface area contributed by atoms with Crippen LogP contribution in [0.15, 0.2) is 60.0 Å². The van der Waals surface area contributed by atoms with Crippen molar-refractivity contribution in [3.05, 3.63) is 81.8 Å². The highest BCUT2D eigenvalue weighted by molar-refractivity contribution is 7.10. The summed E-state index contributed by atoms with van der Waals surface area (Å²) in [5.41, 5.74) is 2.88. The molecule has 0 saturated heterocycles. The van der Waals surface area contributed by atoms with Gasteiger partial charge in [-0.2, -0.15) is 0 Å². The summed E-state index contributed by atoms with van der Waals surface area (Å²) in [6.45, 7) is 7.42. The van der Waals surface area contributed by atoms with Crippen molar-refractivity contribution in [2.75, 3.05) is 31.6 Å². The summed E-state index contributed by atoms with van der Waals surface area (Å²) in [6, 6.07) is 15.0. The maximum absolute atomic E-state index is 13.7. The van der Waals surface area contributed by atoms with Crippen molar-refractivity contribution in [1.82, 2.24) is 9.80 Å². The number of carbonyl (C=O) groups is 2. The van der Waals surface area contributed by atoms with Crippen molar-refractivity contribution >= 4 is 29.0 Å². The Balaban J connectivity index is 1.50. The molecule has 0 radical (unpaired) electrons. The molecule has 0 spiro atoms. The lowest BCUT2D eigenvalue weighted by Crippen LogP contribution is -2.49. The third-order valence-corrected chi connectivity index (χ3v) is 7.78. The highest BCUT2D eigenvalue weighted by Crippen LogP contribution is 2.34. The molecule has 2 heterocycles. The zero-order chi connectivity index (χ0) is 26.4. The van der Waals surface area contributed by atoms with Crippen LogP contribution < -0.4 is 10.1 Å². The van der Waals surface area contributed by atoms with Crippen LogP contribution in [0.4, 0.5) is 14.9 Å². The second-order valence-electron chi connectivity index (χ2n) is 9.61. The number of thiophene rings is 1. The molecule has 196 valence electrons. The highest BCUT2D eigenvalue weighted by atomic mass is 32.1. The fraction of sp³-hybridized carbons (Fsp3) is 0.379. The number of urea groups is 1. The maximum Gasteiger partial charge on any atom is 0.322 e. The minimum atomic E-state index is -0.327. The molecule has 0 aliphatic carbocycles. The quantitative estimate of drug-likeness (QED) is 0.359. The number of anilines is 1. The molecule has 8 heteroatoms. The Morgan fingerprint density at radius 2 is 1.89 bits per heavy atom. The van der Waals surface area contributed by atoms with Gasteiger partial charge in [-0.25, -0.2) is 9.18 Å². The molecule has 1 aromatic heterocycles. The van der Waals surface area contributed by atoms with Crippen molar-refractivity contribution in [2.45, 2.75) is 39.7 Å². The summed E-state index contributed by atoms with van der Waals surface area (Å²) < 4.78 is 19.3. The number of carbonyl (C=O) groups excluding carboxylic acids is 2. The van der Waals surface area contributed by atoms with E-state index in [1.165, 1.54) is 17.0 Å². The summed E-state index contributed by atoms with van der Waals surface area (Å²) in [7, 11) is 0. The Morgan fingerprint density at radius 1 is 1.16 bits per heavy atom. The summed E-state index contributed by atoms with van der Waals surface area (Å²) >= 11 is 1.68. The van der Waals surface area contributed by atoms with Crippen LogP contribution >= 0.6 is 11.3 Å². The number of amides is 3. The fourth-order valence-electron chi connectivity index (χ4n) is 4.40. The van der Waals surface area contributed by atoms with Crippen molar-refractivity contribution in [2.24, 2.45) is 5.92 Å². The normalized spacial score (nSPS) is 15.6. The monoisotopic (exact) mass is 523 g/mol. The minimum absolute atomic E-state index is 0.0193. The van der Waals surface area contributed by atoms with Crippen LogP contribution in [0.3, 0.4) is 0 Å². The van der Waals surface area contributed by atoms with Gasteiger partial charge >= 0.3 is 6.03 Å². The molecule has 0 fully saturated rings. The fourth-order valence-corrected chi connectivity index (χ4v) is 5.33. The molecular weight excluding hydrogens is 489 g/mol. The van der Waals surface area contributed by atoms with E-state index in [0.717, 1.165) is 24.0 Å². The van der Waals surface area contributed by atoms with Crippen molar-refractivity contribution < 1.29 is 18.7 Å². The van der Waals surface area contributed by atoms with Gasteiger partial charge in [-0.1, -0.05) is 38.0 Å². The Morgan fingerprint density at radius 3 is 2.59 bits per heavy atom. The van der Waals surface area contributed by atoms with Gasteiger partial charge in [-0.05, 0) is 72.7 Å². The number of hydrogen-bond acceptors (Lipinski definition) is 4. The van der Waals surface area contributed by atoms with E-state index in [2.05, 4.69) is 19.2 Å². The predicted octanol–water partition coefficient (Wildman–Crippen LogP) is 6.28. The molecule has 0 saturated carbocycles. The Hall–Kier alpha value is -3.39. The molecule has 0 unspecified atom stereocenters. The minimum Gasteiger partial charge on any atom is -0.491 e. The van der Waals surface area contributed by atoms with E-state index in [1.54, 1.807) is 28.4 Å². The van der Waals surface area contributed by atoms with E-state index in [9.17, 15) is 14.0 Å². The number of nitrogens with zero attached hydrogens (tertiary/aromatic N) is 2. The standard InChI is InChI=1S/C29H34FN3O3S/c1-4-20(2)17-32(29(35)31-23-9-5-21(3)6-10-23)18-28(34)33-15-13-27-25(14-16-37-27)26(33)19-36-24-11-7-22(30)8-12-24/h5-12,14,16,20,26H,4,13,15,17-19H2,1-3H3,(H,31,35)/t20-,26+/m1/s1. The first-order valence-corrected chi connectivity index (χ1v) is 13.6. The Kier molecular flexibility index (Phi) is 8.82. The molecule has 0 bridgehead atoms. The van der Waals surface area contributed by atoms with E-state index in [1.807, 2.05) is 47.5 Å². The Bertz CT molecular complexity index is 1200. The van der Waals surface area contributed by atoms with E-state index in [4.69, 9.17) is 4.74 Å². The van der Waals surface area contributed by atoms with Crippen LogP contribution in [-0.4, -0.2) is 48.0 Å². The average Bonchev–Trinajstić information content (AvgIpc) is 3.38. The molecule has 1 aliphatic rings. The summed E-state index contributed by atoms with van der Waals surface area (Å²) in [5, 5.41) is 4.98. The average molecular weight is 524 g/mol. The second kappa shape index (κ2) is 12.2. The lowest BCUT2D eigenvalue weighted by atomic mass is 10.00. The first-order chi connectivity index (χ1) is 17.8. The molecule has 6 nitrogen and oxygen atoms in total. The van der Waals surface area contributed by atoms with Crippen molar-refractivity contribution in [3.8, 4) is 5.75 Å². The molecule has 3 amide bonds. The number of ether oxygens (including phenoxy) is 1. The number of aryl methyl sites for hydroxylation is 1. The summed E-state index contributed by atoms with van der Waals surface area (Å²) in [4.78, 5) is 31.6. The van der Waals surface area contributed by atoms with Crippen molar-refractivity contribution in [3.63, 3.8) is 0 Å². The predicted molar refractivity (Wildman–Crippen MR) is 146 cm³/mol. The van der Waals surface area contributed by atoms with Gasteiger partial charge in [0.25, 0.3) is 0 Å². The highest BCUT2D eigenvalue weighted by Gasteiger charge is 2.33. The van der Waals surface area contributed by atoms with Gasteiger partial charge in [0.15, 0.2) is 0 Å². The zero-order valence-electron chi connectivity index (χ0n) is 21.6. The van der Waals surface area contributed by atoms with Gasteiger partial charge in [0.05, 0.1) is 6.04 Å². The van der Waals surface area contributed by atoms with Gasteiger partial charge in [0, 0.05) is 23.7 Å². The van der Waals surface area contributed by atoms with Crippen LogP contribution in [0, 0.1) is 18.7 Å². The molecule has 4 rings (SSSR count). The molecular formula is C29H34FN3O3S. The second-order valence-corrected chi connectivity index (χ2v) is 10.6. The van der Waals surface area contributed by atoms with Crippen LogP contribution in [0.25, 0.3) is 0 Å². The number of halogens is 1. The maximum atomic E-state index is 13.7. The molecule has 37 heavy (non-hydrogen) atoms. The smallest absolute Gasteiger partial charge is 0.322 e. The van der Waals surface area contributed by atoms with Gasteiger partial charge in [0.2, 0.25) is 5.91 Å². The Labute approximate surface area is 222 Å². The number of rotatable bonds is 9. The summed E-state index contributed by atoms with van der Waals surface area (Å²) in [5.74, 6) is 0.352. The molecule has 2 atom stereocenters. The van der Waals surface area contributed by atoms with Crippen molar-refractivity contribution in [1.29, 1.82) is 0 Å². The van der Waals surface area contributed by atoms with Gasteiger partial charge in [0.1, 0.15) is 24.7 Å². The van der Waals surface area contributed by atoms with Crippen LogP contribution in [-0.2, 0) is 11.2 Å². The van der Waals surface area contributed by atoms with E-state index >= 15 is 0 Å².